The molecule has 0 aliphatic rings. The quantitative estimate of drug-likeness (QED) is 0.636. The van der Waals surface area contributed by atoms with Crippen LogP contribution in [0.2, 0.25) is 5.02 Å². The van der Waals surface area contributed by atoms with E-state index in [1.807, 2.05) is 44.4 Å². The monoisotopic (exact) mass is 308 g/mol. The Bertz CT molecular complexity index is 604. The van der Waals surface area contributed by atoms with Crippen LogP contribution in [0.25, 0.3) is 0 Å². The lowest BCUT2D eigenvalue weighted by Gasteiger charge is -2.10. The van der Waals surface area contributed by atoms with Gasteiger partial charge in [-0.3, -0.25) is 0 Å². The van der Waals surface area contributed by atoms with E-state index in [-0.39, 0.29) is 0 Å². The number of nitrogens with zero attached hydrogens (tertiary/aromatic N) is 2. The van der Waals surface area contributed by atoms with Gasteiger partial charge in [-0.1, -0.05) is 29.4 Å². The number of rotatable bonds is 5. The maximum atomic E-state index is 6.13. The molecule has 1 aromatic carbocycles. The minimum Gasteiger partial charge on any atom is -0.370 e. The lowest BCUT2D eigenvalue weighted by molar-refractivity contribution is 0.967. The number of benzene rings is 1. The number of hydrogen-bond donors (Lipinski definition) is 2. The molecule has 0 aliphatic carbocycles. The molecule has 0 unspecified atom stereocenters. The van der Waals surface area contributed by atoms with Gasteiger partial charge in [0.2, 0.25) is 0 Å². The van der Waals surface area contributed by atoms with Gasteiger partial charge in [0, 0.05) is 23.3 Å². The van der Waals surface area contributed by atoms with Crippen LogP contribution in [0.4, 0.5) is 17.3 Å². The second-order valence-corrected chi connectivity index (χ2v) is 5.43. The highest BCUT2D eigenvalue weighted by Gasteiger charge is 2.05. The molecule has 0 saturated heterocycles. The average molecular weight is 309 g/mol. The van der Waals surface area contributed by atoms with Gasteiger partial charge in [0.25, 0.3) is 0 Å². The molecule has 20 heavy (non-hydrogen) atoms. The van der Waals surface area contributed by atoms with Crippen molar-refractivity contribution in [1.29, 1.82) is 0 Å². The van der Waals surface area contributed by atoms with E-state index in [0.717, 1.165) is 39.6 Å². The molecule has 0 fully saturated rings. The number of aryl methyl sites for hydroxylation is 1. The van der Waals surface area contributed by atoms with Gasteiger partial charge in [-0.25, -0.2) is 9.97 Å². The van der Waals surface area contributed by atoms with E-state index in [2.05, 4.69) is 20.6 Å². The summed E-state index contributed by atoms with van der Waals surface area (Å²) in [4.78, 5) is 8.83. The third kappa shape index (κ3) is 3.77. The number of anilines is 3. The molecule has 2 N–H and O–H groups in total. The molecule has 0 amide bonds. The van der Waals surface area contributed by atoms with E-state index in [4.69, 9.17) is 11.6 Å². The Labute approximate surface area is 128 Å². The summed E-state index contributed by atoms with van der Waals surface area (Å²) >= 11 is 7.64. The van der Waals surface area contributed by atoms with Crippen LogP contribution in [-0.4, -0.2) is 22.8 Å². The fourth-order valence-corrected chi connectivity index (χ4v) is 2.23. The van der Waals surface area contributed by atoms with E-state index in [9.17, 15) is 0 Å². The topological polar surface area (TPSA) is 49.8 Å². The van der Waals surface area contributed by atoms with Gasteiger partial charge in [-0.15, -0.1) is 0 Å². The van der Waals surface area contributed by atoms with Crippen molar-refractivity contribution in [3.8, 4) is 0 Å². The minimum absolute atomic E-state index is 0.726. The lowest BCUT2D eigenvalue weighted by atomic mass is 10.2. The van der Waals surface area contributed by atoms with Crippen LogP contribution >= 0.6 is 23.4 Å². The molecule has 0 saturated carbocycles. The zero-order valence-corrected chi connectivity index (χ0v) is 13.3. The van der Waals surface area contributed by atoms with Gasteiger partial charge in [-0.2, -0.15) is 0 Å². The molecule has 106 valence electrons. The molecule has 1 heterocycles. The van der Waals surface area contributed by atoms with Crippen molar-refractivity contribution in [1.82, 2.24) is 9.97 Å². The van der Waals surface area contributed by atoms with E-state index in [1.54, 1.807) is 0 Å². The fourth-order valence-electron chi connectivity index (χ4n) is 1.67. The first-order chi connectivity index (χ1) is 9.62. The van der Waals surface area contributed by atoms with Crippen LogP contribution in [-0.2, 0) is 0 Å². The Morgan fingerprint density at radius 3 is 2.60 bits per heavy atom. The zero-order valence-electron chi connectivity index (χ0n) is 11.7. The highest BCUT2D eigenvalue weighted by atomic mass is 35.5. The summed E-state index contributed by atoms with van der Waals surface area (Å²) in [6.45, 7) is 4.83. The van der Waals surface area contributed by atoms with Crippen molar-refractivity contribution in [3.63, 3.8) is 0 Å². The molecule has 4 nitrogen and oxygen atoms in total. The first-order valence-electron chi connectivity index (χ1n) is 6.32. The van der Waals surface area contributed by atoms with E-state index >= 15 is 0 Å². The van der Waals surface area contributed by atoms with Crippen LogP contribution in [0, 0.1) is 6.92 Å². The smallest absolute Gasteiger partial charge is 0.191 e. The molecule has 0 bridgehead atoms. The van der Waals surface area contributed by atoms with E-state index in [1.165, 1.54) is 11.8 Å². The first-order valence-corrected chi connectivity index (χ1v) is 7.92. The molecule has 2 rings (SSSR count). The Balaban J connectivity index is 2.27. The number of halogens is 1. The molecule has 0 atom stereocenters. The predicted octanol–water partition coefficient (Wildman–Crippen LogP) is 4.34. The van der Waals surface area contributed by atoms with Crippen molar-refractivity contribution in [2.75, 3.05) is 23.4 Å². The van der Waals surface area contributed by atoms with Crippen molar-refractivity contribution in [3.05, 3.63) is 34.9 Å². The second kappa shape index (κ2) is 6.81. The van der Waals surface area contributed by atoms with Crippen LogP contribution in [0.5, 0.6) is 0 Å². The zero-order chi connectivity index (χ0) is 14.5. The maximum Gasteiger partial charge on any atom is 0.191 e. The summed E-state index contributed by atoms with van der Waals surface area (Å²) < 4.78 is 0. The second-order valence-electron chi connectivity index (χ2n) is 4.24. The summed E-state index contributed by atoms with van der Waals surface area (Å²) in [7, 11) is 0. The molecule has 0 aliphatic heterocycles. The van der Waals surface area contributed by atoms with Crippen LogP contribution < -0.4 is 10.6 Å². The Morgan fingerprint density at radius 2 is 1.95 bits per heavy atom. The minimum atomic E-state index is 0.726. The van der Waals surface area contributed by atoms with Crippen molar-refractivity contribution in [2.24, 2.45) is 0 Å². The molecule has 6 heteroatoms. The maximum absolute atomic E-state index is 6.13. The third-order valence-electron chi connectivity index (χ3n) is 2.69. The normalized spacial score (nSPS) is 10.4. The van der Waals surface area contributed by atoms with Crippen molar-refractivity contribution < 1.29 is 0 Å². The SMILES string of the molecule is CCNc1cc(Nc2ccc(C)c(Cl)c2)nc(SC)n1. The van der Waals surface area contributed by atoms with E-state index in [0.29, 0.717) is 0 Å². The number of hydrogen-bond acceptors (Lipinski definition) is 5. The number of thioether (sulfide) groups is 1. The van der Waals surface area contributed by atoms with Gasteiger partial charge in [-0.05, 0) is 37.8 Å². The lowest BCUT2D eigenvalue weighted by Crippen LogP contribution is -2.03. The summed E-state index contributed by atoms with van der Waals surface area (Å²) in [5, 5.41) is 7.92. The van der Waals surface area contributed by atoms with Crippen LogP contribution in [0.15, 0.2) is 29.4 Å². The molecule has 0 spiro atoms. The van der Waals surface area contributed by atoms with Crippen molar-refractivity contribution in [2.45, 2.75) is 19.0 Å². The Morgan fingerprint density at radius 1 is 1.20 bits per heavy atom. The fraction of sp³-hybridized carbons (Fsp3) is 0.286. The van der Waals surface area contributed by atoms with E-state index < -0.39 is 0 Å². The molecule has 0 radical (unpaired) electrons. The summed E-state index contributed by atoms with van der Waals surface area (Å²) in [5.74, 6) is 1.56. The standard InChI is InChI=1S/C14H17ClN4S/c1-4-16-12-8-13(19-14(18-12)20-3)17-10-6-5-9(2)11(15)7-10/h5-8H,4H2,1-3H3,(H2,16,17,18,19). The van der Waals surface area contributed by atoms with Crippen molar-refractivity contribution >= 4 is 40.7 Å². The Hall–Kier alpha value is -1.46. The summed E-state index contributed by atoms with van der Waals surface area (Å²) in [6, 6.07) is 7.74. The van der Waals surface area contributed by atoms with Gasteiger partial charge in [0.1, 0.15) is 11.6 Å². The van der Waals surface area contributed by atoms with Crippen LogP contribution in [0.3, 0.4) is 0 Å². The Kier molecular flexibility index (Phi) is 5.09. The first kappa shape index (κ1) is 14.9. The highest BCUT2D eigenvalue weighted by molar-refractivity contribution is 7.98. The predicted molar refractivity (Wildman–Crippen MR) is 87.4 cm³/mol. The summed E-state index contributed by atoms with van der Waals surface area (Å²) in [5.41, 5.74) is 1.96. The van der Waals surface area contributed by atoms with Gasteiger partial charge in [0.05, 0.1) is 0 Å². The number of nitrogens with one attached hydrogen (secondary N) is 2. The number of aromatic nitrogens is 2. The third-order valence-corrected chi connectivity index (χ3v) is 3.65. The molecular weight excluding hydrogens is 292 g/mol. The van der Waals surface area contributed by atoms with Crippen LogP contribution in [0.1, 0.15) is 12.5 Å². The molecule has 2 aromatic rings. The largest absolute Gasteiger partial charge is 0.370 e. The van der Waals surface area contributed by atoms with Gasteiger partial charge in [0.15, 0.2) is 5.16 Å². The van der Waals surface area contributed by atoms with Gasteiger partial charge < -0.3 is 10.6 Å². The average Bonchev–Trinajstić information content (AvgIpc) is 2.43. The molecule has 1 aromatic heterocycles. The summed E-state index contributed by atoms with van der Waals surface area (Å²) in [6.07, 6.45) is 1.96. The highest BCUT2D eigenvalue weighted by Crippen LogP contribution is 2.24. The molecular formula is C14H17ClN4S. The van der Waals surface area contributed by atoms with Gasteiger partial charge >= 0.3 is 0 Å².